The second-order valence-corrected chi connectivity index (χ2v) is 4.96. The average Bonchev–Trinajstić information content (AvgIpc) is 2.42. The molecule has 0 bridgehead atoms. The van der Waals surface area contributed by atoms with Gasteiger partial charge in [-0.3, -0.25) is 9.63 Å². The van der Waals surface area contributed by atoms with Gasteiger partial charge in [0.05, 0.1) is 6.10 Å². The van der Waals surface area contributed by atoms with Crippen molar-refractivity contribution in [1.82, 2.24) is 9.96 Å². The van der Waals surface area contributed by atoms with Gasteiger partial charge in [0.15, 0.2) is 0 Å². The molecule has 0 aromatic rings. The van der Waals surface area contributed by atoms with Crippen LogP contribution in [0.25, 0.3) is 0 Å². The van der Waals surface area contributed by atoms with Gasteiger partial charge in [0.2, 0.25) is 5.91 Å². The summed E-state index contributed by atoms with van der Waals surface area (Å²) < 4.78 is 0. The standard InChI is InChI=1S/C14H28N2O2/c1-4-7-8-14(17)15-9-11-16(12-10-15)18-13(5-2)6-3/h13H,4-12H2,1-3H3. The zero-order valence-electron chi connectivity index (χ0n) is 12.2. The van der Waals surface area contributed by atoms with E-state index in [0.717, 1.165) is 51.9 Å². The van der Waals surface area contributed by atoms with Crippen molar-refractivity contribution < 1.29 is 9.63 Å². The Morgan fingerprint density at radius 1 is 1.11 bits per heavy atom. The Hall–Kier alpha value is -0.610. The summed E-state index contributed by atoms with van der Waals surface area (Å²) in [5, 5.41) is 2.03. The first kappa shape index (κ1) is 15.4. The fraction of sp³-hybridized carbons (Fsp3) is 0.929. The van der Waals surface area contributed by atoms with E-state index in [9.17, 15) is 4.79 Å². The van der Waals surface area contributed by atoms with Crippen LogP contribution < -0.4 is 0 Å². The maximum absolute atomic E-state index is 11.9. The minimum absolute atomic E-state index is 0.305. The van der Waals surface area contributed by atoms with Crippen LogP contribution in [-0.2, 0) is 9.63 Å². The topological polar surface area (TPSA) is 32.8 Å². The van der Waals surface area contributed by atoms with Gasteiger partial charge < -0.3 is 4.90 Å². The minimum atomic E-state index is 0.305. The highest BCUT2D eigenvalue weighted by Crippen LogP contribution is 2.11. The molecule has 0 radical (unpaired) electrons. The molecule has 18 heavy (non-hydrogen) atoms. The van der Waals surface area contributed by atoms with Crippen LogP contribution in [0.4, 0.5) is 0 Å². The van der Waals surface area contributed by atoms with Gasteiger partial charge >= 0.3 is 0 Å². The SMILES string of the molecule is CCCCC(=O)N1CCN(OC(CC)CC)CC1. The van der Waals surface area contributed by atoms with Crippen molar-refractivity contribution in [1.29, 1.82) is 0 Å². The Kier molecular flexibility index (Phi) is 7.28. The van der Waals surface area contributed by atoms with Gasteiger partial charge in [-0.1, -0.05) is 27.2 Å². The van der Waals surface area contributed by atoms with Crippen molar-refractivity contribution in [3.8, 4) is 0 Å². The van der Waals surface area contributed by atoms with E-state index in [1.54, 1.807) is 0 Å². The van der Waals surface area contributed by atoms with E-state index in [1.807, 2.05) is 9.96 Å². The van der Waals surface area contributed by atoms with Crippen LogP contribution in [-0.4, -0.2) is 48.2 Å². The molecule has 1 fully saturated rings. The smallest absolute Gasteiger partial charge is 0.222 e. The summed E-state index contributed by atoms with van der Waals surface area (Å²) in [7, 11) is 0. The molecule has 0 aromatic carbocycles. The number of rotatable bonds is 7. The van der Waals surface area contributed by atoms with E-state index in [-0.39, 0.29) is 0 Å². The van der Waals surface area contributed by atoms with E-state index < -0.39 is 0 Å². The van der Waals surface area contributed by atoms with Crippen molar-refractivity contribution in [3.05, 3.63) is 0 Å². The number of hydrogen-bond acceptors (Lipinski definition) is 3. The van der Waals surface area contributed by atoms with Crippen LogP contribution in [0.15, 0.2) is 0 Å². The molecule has 1 heterocycles. The third kappa shape index (κ3) is 4.94. The van der Waals surface area contributed by atoms with Gasteiger partial charge in [0.1, 0.15) is 0 Å². The van der Waals surface area contributed by atoms with E-state index in [4.69, 9.17) is 4.84 Å². The number of hydrogen-bond donors (Lipinski definition) is 0. The number of piperazine rings is 1. The summed E-state index contributed by atoms with van der Waals surface area (Å²) in [6.45, 7) is 9.72. The van der Waals surface area contributed by atoms with Crippen molar-refractivity contribution >= 4 is 5.91 Å². The van der Waals surface area contributed by atoms with Crippen LogP contribution in [0, 0.1) is 0 Å². The van der Waals surface area contributed by atoms with E-state index in [1.165, 1.54) is 0 Å². The van der Waals surface area contributed by atoms with Crippen molar-refractivity contribution in [3.63, 3.8) is 0 Å². The molecule has 0 aliphatic carbocycles. The number of hydroxylamine groups is 2. The van der Waals surface area contributed by atoms with Gasteiger partial charge in [0, 0.05) is 32.6 Å². The molecule has 0 atom stereocenters. The van der Waals surface area contributed by atoms with Crippen LogP contribution in [0.2, 0.25) is 0 Å². The van der Waals surface area contributed by atoms with Crippen molar-refractivity contribution in [2.75, 3.05) is 26.2 Å². The molecule has 4 nitrogen and oxygen atoms in total. The Morgan fingerprint density at radius 2 is 1.72 bits per heavy atom. The zero-order chi connectivity index (χ0) is 13.4. The van der Waals surface area contributed by atoms with Crippen LogP contribution in [0.1, 0.15) is 52.9 Å². The lowest BCUT2D eigenvalue weighted by Crippen LogP contribution is -2.49. The van der Waals surface area contributed by atoms with Gasteiger partial charge in [0.25, 0.3) is 0 Å². The monoisotopic (exact) mass is 256 g/mol. The van der Waals surface area contributed by atoms with E-state index in [2.05, 4.69) is 20.8 Å². The number of carbonyl (C=O) groups excluding carboxylic acids is 1. The zero-order valence-corrected chi connectivity index (χ0v) is 12.2. The third-order valence-corrected chi connectivity index (χ3v) is 3.54. The highest BCUT2D eigenvalue weighted by Gasteiger charge is 2.22. The van der Waals surface area contributed by atoms with Gasteiger partial charge in [-0.25, -0.2) is 0 Å². The molecule has 1 aliphatic rings. The second kappa shape index (κ2) is 8.48. The summed E-state index contributed by atoms with van der Waals surface area (Å²) in [6.07, 6.45) is 5.21. The first-order valence-electron chi connectivity index (χ1n) is 7.40. The molecular weight excluding hydrogens is 228 g/mol. The van der Waals surface area contributed by atoms with Crippen molar-refractivity contribution in [2.24, 2.45) is 0 Å². The molecule has 1 amide bonds. The number of unbranched alkanes of at least 4 members (excludes halogenated alkanes) is 1. The molecular formula is C14H28N2O2. The predicted molar refractivity (Wildman–Crippen MR) is 73.1 cm³/mol. The van der Waals surface area contributed by atoms with E-state index >= 15 is 0 Å². The normalized spacial score (nSPS) is 17.4. The van der Waals surface area contributed by atoms with Crippen LogP contribution in [0.5, 0.6) is 0 Å². The maximum Gasteiger partial charge on any atom is 0.222 e. The number of nitrogens with zero attached hydrogens (tertiary/aromatic N) is 2. The van der Waals surface area contributed by atoms with Crippen molar-refractivity contribution in [2.45, 2.75) is 59.0 Å². The molecule has 0 unspecified atom stereocenters. The van der Waals surface area contributed by atoms with Gasteiger partial charge in [-0.15, -0.1) is 0 Å². The lowest BCUT2D eigenvalue weighted by atomic mass is 10.2. The number of amides is 1. The summed E-state index contributed by atoms with van der Waals surface area (Å²) in [6, 6.07) is 0. The molecule has 0 N–H and O–H groups in total. The first-order chi connectivity index (χ1) is 8.71. The summed E-state index contributed by atoms with van der Waals surface area (Å²) >= 11 is 0. The molecule has 0 saturated carbocycles. The summed E-state index contributed by atoms with van der Waals surface area (Å²) in [4.78, 5) is 19.7. The maximum atomic E-state index is 11.9. The number of carbonyl (C=O) groups is 1. The largest absolute Gasteiger partial charge is 0.340 e. The lowest BCUT2D eigenvalue weighted by Gasteiger charge is -2.35. The minimum Gasteiger partial charge on any atom is -0.340 e. The Morgan fingerprint density at radius 3 is 2.22 bits per heavy atom. The fourth-order valence-corrected chi connectivity index (χ4v) is 2.18. The van der Waals surface area contributed by atoms with Gasteiger partial charge in [-0.05, 0) is 19.3 Å². The molecule has 106 valence electrons. The Labute approximate surface area is 111 Å². The third-order valence-electron chi connectivity index (χ3n) is 3.54. The van der Waals surface area contributed by atoms with Gasteiger partial charge in [-0.2, -0.15) is 5.06 Å². The fourth-order valence-electron chi connectivity index (χ4n) is 2.18. The molecule has 0 aromatic heterocycles. The Bertz CT molecular complexity index is 234. The average molecular weight is 256 g/mol. The first-order valence-corrected chi connectivity index (χ1v) is 7.40. The molecule has 4 heteroatoms. The molecule has 1 saturated heterocycles. The predicted octanol–water partition coefficient (Wildman–Crippen LogP) is 2.44. The van der Waals surface area contributed by atoms with Crippen LogP contribution in [0.3, 0.4) is 0 Å². The highest BCUT2D eigenvalue weighted by atomic mass is 16.7. The summed E-state index contributed by atoms with van der Waals surface area (Å²) in [5.74, 6) is 0.305. The molecule has 1 aliphatic heterocycles. The second-order valence-electron chi connectivity index (χ2n) is 4.96. The quantitative estimate of drug-likeness (QED) is 0.701. The van der Waals surface area contributed by atoms with Crippen LogP contribution >= 0.6 is 0 Å². The molecule has 0 spiro atoms. The summed E-state index contributed by atoms with van der Waals surface area (Å²) in [5.41, 5.74) is 0. The molecule has 1 rings (SSSR count). The Balaban J connectivity index is 2.25. The lowest BCUT2D eigenvalue weighted by molar-refractivity contribution is -0.213. The van der Waals surface area contributed by atoms with E-state index in [0.29, 0.717) is 18.4 Å². The highest BCUT2D eigenvalue weighted by molar-refractivity contribution is 5.76.